The number of aryl methyl sites for hydroxylation is 1. The quantitative estimate of drug-likeness (QED) is 0.845. The number of aliphatic carboxylic acids is 1. The summed E-state index contributed by atoms with van der Waals surface area (Å²) in [5.41, 5.74) is 2.30. The van der Waals surface area contributed by atoms with Crippen LogP contribution in [0.15, 0.2) is 18.5 Å². The molecule has 90 valence electrons. The molecule has 4 nitrogen and oxygen atoms in total. The molecule has 2 saturated heterocycles. The standard InChI is InChI=1S/C13H16N2O2/c1-8-7-14-5-4-11(8)15-9-2-3-12(15)10(6-9)13(16)17/h4-5,7,9-10,12H,2-3,6H2,1H3,(H,16,17). The fraction of sp³-hybridized carbons (Fsp3) is 0.538. The second-order valence-corrected chi connectivity index (χ2v) is 5.05. The van der Waals surface area contributed by atoms with E-state index in [4.69, 9.17) is 0 Å². The summed E-state index contributed by atoms with van der Waals surface area (Å²) in [6.07, 6.45) is 6.56. The van der Waals surface area contributed by atoms with Crippen molar-refractivity contribution in [2.45, 2.75) is 38.3 Å². The van der Waals surface area contributed by atoms with E-state index in [0.29, 0.717) is 6.04 Å². The number of aromatic nitrogens is 1. The van der Waals surface area contributed by atoms with Gasteiger partial charge in [0, 0.05) is 30.2 Å². The number of fused-ring (bicyclic) bond motifs is 2. The third-order valence-electron chi connectivity index (χ3n) is 4.12. The van der Waals surface area contributed by atoms with Crippen LogP contribution in [-0.2, 0) is 4.79 Å². The molecular weight excluding hydrogens is 216 g/mol. The summed E-state index contributed by atoms with van der Waals surface area (Å²) in [5, 5.41) is 9.23. The first kappa shape index (κ1) is 10.6. The van der Waals surface area contributed by atoms with E-state index in [9.17, 15) is 9.90 Å². The molecule has 0 saturated carbocycles. The molecule has 2 aliphatic rings. The Balaban J connectivity index is 1.96. The molecule has 0 spiro atoms. The minimum absolute atomic E-state index is 0.179. The van der Waals surface area contributed by atoms with Crippen LogP contribution in [0.1, 0.15) is 24.8 Å². The molecule has 3 unspecified atom stereocenters. The van der Waals surface area contributed by atoms with Crippen molar-refractivity contribution in [1.29, 1.82) is 0 Å². The highest BCUT2D eigenvalue weighted by Crippen LogP contribution is 2.45. The number of anilines is 1. The maximum atomic E-state index is 11.2. The Morgan fingerprint density at radius 3 is 3.00 bits per heavy atom. The molecule has 3 heterocycles. The van der Waals surface area contributed by atoms with Crippen LogP contribution in [-0.4, -0.2) is 28.1 Å². The Kier molecular flexibility index (Phi) is 2.31. The lowest BCUT2D eigenvalue weighted by atomic mass is 9.89. The predicted molar refractivity (Wildman–Crippen MR) is 64.0 cm³/mol. The van der Waals surface area contributed by atoms with Crippen molar-refractivity contribution < 1.29 is 9.90 Å². The molecule has 2 bridgehead atoms. The van der Waals surface area contributed by atoms with E-state index >= 15 is 0 Å². The zero-order chi connectivity index (χ0) is 12.0. The van der Waals surface area contributed by atoms with Crippen LogP contribution in [0.3, 0.4) is 0 Å². The van der Waals surface area contributed by atoms with E-state index in [1.54, 1.807) is 6.20 Å². The van der Waals surface area contributed by atoms with E-state index in [1.807, 2.05) is 19.2 Å². The molecular formula is C13H16N2O2. The Labute approximate surface area is 100 Å². The van der Waals surface area contributed by atoms with E-state index in [0.717, 1.165) is 30.5 Å². The Hall–Kier alpha value is -1.58. The summed E-state index contributed by atoms with van der Waals surface area (Å²) in [6.45, 7) is 2.04. The van der Waals surface area contributed by atoms with E-state index in [1.165, 1.54) is 0 Å². The van der Waals surface area contributed by atoms with Crippen LogP contribution in [0, 0.1) is 12.8 Å². The van der Waals surface area contributed by atoms with Crippen LogP contribution in [0.5, 0.6) is 0 Å². The van der Waals surface area contributed by atoms with Crippen molar-refractivity contribution in [3.8, 4) is 0 Å². The van der Waals surface area contributed by atoms with Crippen LogP contribution in [0.2, 0.25) is 0 Å². The van der Waals surface area contributed by atoms with Crippen LogP contribution < -0.4 is 4.90 Å². The Bertz CT molecular complexity index is 460. The highest BCUT2D eigenvalue weighted by molar-refractivity contribution is 5.74. The normalized spacial score (nSPS) is 30.9. The van der Waals surface area contributed by atoms with E-state index in [-0.39, 0.29) is 12.0 Å². The molecule has 0 aromatic carbocycles. The third-order valence-corrected chi connectivity index (χ3v) is 4.12. The zero-order valence-corrected chi connectivity index (χ0v) is 9.84. The van der Waals surface area contributed by atoms with Gasteiger partial charge in [0.1, 0.15) is 0 Å². The molecule has 2 fully saturated rings. The van der Waals surface area contributed by atoms with Crippen molar-refractivity contribution in [3.63, 3.8) is 0 Å². The minimum Gasteiger partial charge on any atom is -0.481 e. The average Bonchev–Trinajstić information content (AvgIpc) is 2.87. The van der Waals surface area contributed by atoms with Crippen LogP contribution >= 0.6 is 0 Å². The van der Waals surface area contributed by atoms with Crippen molar-refractivity contribution in [3.05, 3.63) is 24.0 Å². The molecule has 3 atom stereocenters. The number of hydrogen-bond acceptors (Lipinski definition) is 3. The third kappa shape index (κ3) is 1.51. The number of carboxylic acid groups (broad SMARTS) is 1. The highest BCUT2D eigenvalue weighted by atomic mass is 16.4. The minimum atomic E-state index is -0.645. The van der Waals surface area contributed by atoms with Gasteiger partial charge in [0.05, 0.1) is 5.92 Å². The van der Waals surface area contributed by atoms with Gasteiger partial charge in [0.15, 0.2) is 0 Å². The van der Waals surface area contributed by atoms with E-state index in [2.05, 4.69) is 9.88 Å². The molecule has 4 heteroatoms. The summed E-state index contributed by atoms with van der Waals surface area (Å²) < 4.78 is 0. The number of carbonyl (C=O) groups is 1. The van der Waals surface area contributed by atoms with Crippen molar-refractivity contribution in [1.82, 2.24) is 4.98 Å². The molecule has 1 aromatic rings. The van der Waals surface area contributed by atoms with Gasteiger partial charge in [-0.15, -0.1) is 0 Å². The summed E-state index contributed by atoms with van der Waals surface area (Å²) in [5.74, 6) is -0.838. The predicted octanol–water partition coefficient (Wildman–Crippen LogP) is 1.83. The van der Waals surface area contributed by atoms with Gasteiger partial charge in [0.25, 0.3) is 0 Å². The van der Waals surface area contributed by atoms with Gasteiger partial charge in [-0.05, 0) is 37.8 Å². The van der Waals surface area contributed by atoms with E-state index < -0.39 is 5.97 Å². The summed E-state index contributed by atoms with van der Waals surface area (Å²) in [4.78, 5) is 17.6. The largest absolute Gasteiger partial charge is 0.481 e. The van der Waals surface area contributed by atoms with Gasteiger partial charge in [-0.3, -0.25) is 9.78 Å². The number of rotatable bonds is 2. The fourth-order valence-electron chi connectivity index (χ4n) is 3.39. The second-order valence-electron chi connectivity index (χ2n) is 5.05. The van der Waals surface area contributed by atoms with Crippen molar-refractivity contribution >= 4 is 11.7 Å². The fourth-order valence-corrected chi connectivity index (χ4v) is 3.39. The van der Waals surface area contributed by atoms with Crippen molar-refractivity contribution in [2.24, 2.45) is 5.92 Å². The SMILES string of the molecule is Cc1cnccc1N1C2CCC1C(C(=O)O)C2. The molecule has 0 amide bonds. The second kappa shape index (κ2) is 3.72. The first-order valence-corrected chi connectivity index (χ1v) is 6.10. The Morgan fingerprint density at radius 1 is 1.53 bits per heavy atom. The summed E-state index contributed by atoms with van der Waals surface area (Å²) in [6, 6.07) is 2.59. The summed E-state index contributed by atoms with van der Waals surface area (Å²) >= 11 is 0. The first-order chi connectivity index (χ1) is 8.18. The Morgan fingerprint density at radius 2 is 2.35 bits per heavy atom. The molecule has 0 aliphatic carbocycles. The monoisotopic (exact) mass is 232 g/mol. The molecule has 0 radical (unpaired) electrons. The van der Waals surface area contributed by atoms with Crippen molar-refractivity contribution in [2.75, 3.05) is 4.90 Å². The average molecular weight is 232 g/mol. The molecule has 1 aromatic heterocycles. The van der Waals surface area contributed by atoms with Gasteiger partial charge in [-0.1, -0.05) is 0 Å². The maximum Gasteiger partial charge on any atom is 0.308 e. The number of hydrogen-bond donors (Lipinski definition) is 1. The number of pyridine rings is 1. The zero-order valence-electron chi connectivity index (χ0n) is 9.84. The highest BCUT2D eigenvalue weighted by Gasteiger charge is 2.49. The molecule has 3 rings (SSSR count). The molecule has 1 N–H and O–H groups in total. The molecule has 2 aliphatic heterocycles. The first-order valence-electron chi connectivity index (χ1n) is 6.10. The smallest absolute Gasteiger partial charge is 0.308 e. The van der Waals surface area contributed by atoms with Gasteiger partial charge < -0.3 is 10.0 Å². The lowest BCUT2D eigenvalue weighted by Crippen LogP contribution is -2.33. The maximum absolute atomic E-state index is 11.2. The van der Waals surface area contributed by atoms with Gasteiger partial charge in [-0.2, -0.15) is 0 Å². The topological polar surface area (TPSA) is 53.4 Å². The van der Waals surface area contributed by atoms with Gasteiger partial charge >= 0.3 is 5.97 Å². The van der Waals surface area contributed by atoms with Gasteiger partial charge in [0.2, 0.25) is 0 Å². The summed E-state index contributed by atoms with van der Waals surface area (Å²) in [7, 11) is 0. The van der Waals surface area contributed by atoms with Crippen LogP contribution in [0.25, 0.3) is 0 Å². The lowest BCUT2D eigenvalue weighted by Gasteiger charge is -2.26. The number of carboxylic acids is 1. The van der Waals surface area contributed by atoms with Gasteiger partial charge in [-0.25, -0.2) is 0 Å². The molecule has 17 heavy (non-hydrogen) atoms. The lowest BCUT2D eigenvalue weighted by molar-refractivity contribution is -0.142. The van der Waals surface area contributed by atoms with Crippen LogP contribution in [0.4, 0.5) is 5.69 Å². The number of nitrogens with zero attached hydrogens (tertiary/aromatic N) is 2.